The van der Waals surface area contributed by atoms with Crippen molar-refractivity contribution in [1.82, 2.24) is 15.5 Å². The Morgan fingerprint density at radius 1 is 1.37 bits per heavy atom. The van der Waals surface area contributed by atoms with Crippen LogP contribution in [0, 0.1) is 0 Å². The molecule has 0 aromatic carbocycles. The van der Waals surface area contributed by atoms with E-state index >= 15 is 0 Å². The zero-order valence-electron chi connectivity index (χ0n) is 11.1. The van der Waals surface area contributed by atoms with Crippen LogP contribution in [0.2, 0.25) is 0 Å². The molecule has 7 nitrogen and oxygen atoms in total. The molecule has 2 unspecified atom stereocenters. The molecule has 2 fully saturated rings. The van der Waals surface area contributed by atoms with Gasteiger partial charge in [0.1, 0.15) is 0 Å². The number of urea groups is 1. The van der Waals surface area contributed by atoms with Gasteiger partial charge in [-0.15, -0.1) is 0 Å². The van der Waals surface area contributed by atoms with Crippen molar-refractivity contribution >= 4 is 12.0 Å². The molecular weight excluding hydrogens is 250 g/mol. The number of nitrogens with zero attached hydrogens (tertiary/aromatic N) is 1. The number of carbonyl (C=O) groups is 2. The Balaban J connectivity index is 1.68. The molecule has 1 aliphatic heterocycles. The van der Waals surface area contributed by atoms with Gasteiger partial charge in [0.25, 0.3) is 0 Å². The minimum atomic E-state index is -1.94. The highest BCUT2D eigenvalue weighted by atomic mass is 16.4. The molecule has 1 heterocycles. The van der Waals surface area contributed by atoms with E-state index in [0.717, 1.165) is 26.4 Å². The van der Waals surface area contributed by atoms with Crippen molar-refractivity contribution in [1.29, 1.82) is 0 Å². The van der Waals surface area contributed by atoms with Crippen molar-refractivity contribution in [2.24, 2.45) is 0 Å². The molecule has 2 atom stereocenters. The molecule has 7 heteroatoms. The summed E-state index contributed by atoms with van der Waals surface area (Å²) in [5.41, 5.74) is -1.94. The molecule has 4 N–H and O–H groups in total. The Bertz CT molecular complexity index is 368. The minimum Gasteiger partial charge on any atom is -0.479 e. The van der Waals surface area contributed by atoms with Crippen LogP contribution in [-0.4, -0.2) is 64.4 Å². The van der Waals surface area contributed by atoms with Gasteiger partial charge in [0.05, 0.1) is 6.54 Å². The fourth-order valence-electron chi connectivity index (χ4n) is 2.24. The number of likely N-dealkylation sites (tertiary alicyclic amines) is 1. The molecule has 0 bridgehead atoms. The standard InChI is InChI=1S/C12H21N3O4/c1-12(19,10(16)17)7-13-11(18)14-8-4-5-15(6-8)9-2-3-9/h8-9,19H,2-7H2,1H3,(H,16,17)(H2,13,14,18). The first-order valence-electron chi connectivity index (χ1n) is 6.62. The smallest absolute Gasteiger partial charge is 0.337 e. The third kappa shape index (κ3) is 3.81. The van der Waals surface area contributed by atoms with E-state index in [2.05, 4.69) is 15.5 Å². The van der Waals surface area contributed by atoms with E-state index in [1.165, 1.54) is 12.8 Å². The van der Waals surface area contributed by atoms with Gasteiger partial charge in [-0.25, -0.2) is 9.59 Å². The normalized spacial score (nSPS) is 26.7. The van der Waals surface area contributed by atoms with Crippen LogP contribution in [0.4, 0.5) is 4.79 Å². The molecule has 0 aromatic heterocycles. The van der Waals surface area contributed by atoms with Gasteiger partial charge in [-0.05, 0) is 26.2 Å². The maximum Gasteiger partial charge on any atom is 0.337 e. The van der Waals surface area contributed by atoms with E-state index < -0.39 is 17.6 Å². The molecule has 1 aliphatic carbocycles. The number of rotatable bonds is 5. The predicted molar refractivity (Wildman–Crippen MR) is 67.8 cm³/mol. The average Bonchev–Trinajstić information content (AvgIpc) is 3.08. The Kier molecular flexibility index (Phi) is 3.96. The van der Waals surface area contributed by atoms with E-state index in [1.807, 2.05) is 0 Å². The van der Waals surface area contributed by atoms with Crippen LogP contribution >= 0.6 is 0 Å². The van der Waals surface area contributed by atoms with Crippen molar-refractivity contribution in [3.8, 4) is 0 Å². The topological polar surface area (TPSA) is 102 Å². The van der Waals surface area contributed by atoms with Gasteiger partial charge in [0, 0.05) is 25.2 Å². The van der Waals surface area contributed by atoms with Gasteiger partial charge >= 0.3 is 12.0 Å². The zero-order valence-corrected chi connectivity index (χ0v) is 11.1. The molecule has 0 spiro atoms. The SMILES string of the molecule is CC(O)(CNC(=O)NC1CCN(C2CC2)C1)C(=O)O. The van der Waals surface area contributed by atoms with Crippen molar-refractivity contribution in [3.63, 3.8) is 0 Å². The van der Waals surface area contributed by atoms with Crippen LogP contribution in [0.25, 0.3) is 0 Å². The van der Waals surface area contributed by atoms with E-state index in [0.29, 0.717) is 6.04 Å². The number of amides is 2. The molecule has 19 heavy (non-hydrogen) atoms. The maximum atomic E-state index is 11.6. The number of hydrogen-bond acceptors (Lipinski definition) is 4. The molecule has 1 saturated heterocycles. The maximum absolute atomic E-state index is 11.6. The van der Waals surface area contributed by atoms with Crippen LogP contribution < -0.4 is 10.6 Å². The second-order valence-corrected chi connectivity index (χ2v) is 5.62. The van der Waals surface area contributed by atoms with Crippen LogP contribution in [-0.2, 0) is 4.79 Å². The first-order chi connectivity index (χ1) is 8.88. The van der Waals surface area contributed by atoms with E-state index in [4.69, 9.17) is 5.11 Å². The number of aliphatic carboxylic acids is 1. The fourth-order valence-corrected chi connectivity index (χ4v) is 2.24. The van der Waals surface area contributed by atoms with Crippen molar-refractivity contribution < 1.29 is 19.8 Å². The largest absolute Gasteiger partial charge is 0.479 e. The zero-order chi connectivity index (χ0) is 14.0. The number of nitrogens with one attached hydrogen (secondary N) is 2. The predicted octanol–water partition coefficient (Wildman–Crippen LogP) is -0.642. The first kappa shape index (κ1) is 14.1. The Morgan fingerprint density at radius 2 is 2.05 bits per heavy atom. The monoisotopic (exact) mass is 271 g/mol. The van der Waals surface area contributed by atoms with Gasteiger partial charge in [-0.1, -0.05) is 0 Å². The number of carboxylic acid groups (broad SMARTS) is 1. The highest BCUT2D eigenvalue weighted by molar-refractivity contribution is 5.79. The average molecular weight is 271 g/mol. The lowest BCUT2D eigenvalue weighted by molar-refractivity contribution is -0.155. The van der Waals surface area contributed by atoms with Gasteiger partial charge in [-0.3, -0.25) is 4.90 Å². The molecule has 2 aliphatic rings. The van der Waals surface area contributed by atoms with Gasteiger partial charge in [0.2, 0.25) is 0 Å². The van der Waals surface area contributed by atoms with Gasteiger partial charge in [-0.2, -0.15) is 0 Å². The summed E-state index contributed by atoms with van der Waals surface area (Å²) in [4.78, 5) is 24.7. The summed E-state index contributed by atoms with van der Waals surface area (Å²) in [6.07, 6.45) is 3.42. The van der Waals surface area contributed by atoms with E-state index in [-0.39, 0.29) is 12.6 Å². The number of carboxylic acids is 1. The minimum absolute atomic E-state index is 0.107. The Labute approximate surface area is 112 Å². The number of carbonyl (C=O) groups excluding carboxylic acids is 1. The molecule has 1 saturated carbocycles. The lowest BCUT2D eigenvalue weighted by Crippen LogP contribution is -2.51. The fraction of sp³-hybridized carbons (Fsp3) is 0.833. The van der Waals surface area contributed by atoms with Crippen LogP contribution in [0.1, 0.15) is 26.2 Å². The summed E-state index contributed by atoms with van der Waals surface area (Å²) < 4.78 is 0. The van der Waals surface area contributed by atoms with E-state index in [1.54, 1.807) is 0 Å². The lowest BCUT2D eigenvalue weighted by Gasteiger charge is -2.20. The van der Waals surface area contributed by atoms with Gasteiger partial charge < -0.3 is 20.8 Å². The summed E-state index contributed by atoms with van der Waals surface area (Å²) in [7, 11) is 0. The molecule has 2 rings (SSSR count). The molecule has 2 amide bonds. The molecular formula is C12H21N3O4. The third-order valence-corrected chi connectivity index (χ3v) is 3.67. The second-order valence-electron chi connectivity index (χ2n) is 5.62. The molecule has 108 valence electrons. The summed E-state index contributed by atoms with van der Waals surface area (Å²) >= 11 is 0. The van der Waals surface area contributed by atoms with Crippen molar-refractivity contribution in [2.75, 3.05) is 19.6 Å². The van der Waals surface area contributed by atoms with Crippen LogP contribution in [0.5, 0.6) is 0 Å². The highest BCUT2D eigenvalue weighted by Crippen LogP contribution is 2.29. The Morgan fingerprint density at radius 3 is 2.63 bits per heavy atom. The highest BCUT2D eigenvalue weighted by Gasteiger charge is 2.35. The van der Waals surface area contributed by atoms with Crippen LogP contribution in [0.15, 0.2) is 0 Å². The number of hydrogen-bond donors (Lipinski definition) is 4. The van der Waals surface area contributed by atoms with Crippen molar-refractivity contribution in [3.05, 3.63) is 0 Å². The summed E-state index contributed by atoms with van der Waals surface area (Å²) in [5.74, 6) is -1.35. The lowest BCUT2D eigenvalue weighted by atomic mass is 10.1. The van der Waals surface area contributed by atoms with Crippen LogP contribution in [0.3, 0.4) is 0 Å². The summed E-state index contributed by atoms with van der Waals surface area (Å²) in [6.45, 7) is 2.70. The van der Waals surface area contributed by atoms with Crippen molar-refractivity contribution in [2.45, 2.75) is 43.9 Å². The summed E-state index contributed by atoms with van der Waals surface area (Å²) in [5, 5.41) is 23.4. The molecule has 0 radical (unpaired) electrons. The molecule has 0 aromatic rings. The van der Waals surface area contributed by atoms with E-state index in [9.17, 15) is 14.7 Å². The first-order valence-corrected chi connectivity index (χ1v) is 6.62. The quantitative estimate of drug-likeness (QED) is 0.532. The Hall–Kier alpha value is -1.34. The summed E-state index contributed by atoms with van der Waals surface area (Å²) in [6, 6.07) is 0.377. The number of aliphatic hydroxyl groups is 1. The van der Waals surface area contributed by atoms with Gasteiger partial charge in [0.15, 0.2) is 5.60 Å². The second kappa shape index (κ2) is 5.34. The third-order valence-electron chi connectivity index (χ3n) is 3.67.